The minimum atomic E-state index is -0.462. The first-order chi connectivity index (χ1) is 19.0. The molecule has 0 aliphatic rings. The highest BCUT2D eigenvalue weighted by Gasteiger charge is 2.15. The Morgan fingerprint density at radius 1 is 1.05 bits per heavy atom. The van der Waals surface area contributed by atoms with E-state index in [-0.39, 0.29) is 28.8 Å². The summed E-state index contributed by atoms with van der Waals surface area (Å²) in [4.78, 5) is 31.2. The number of aromatic nitrogens is 1. The van der Waals surface area contributed by atoms with Gasteiger partial charge in [-0.15, -0.1) is 0 Å². The maximum atomic E-state index is 13.0. The van der Waals surface area contributed by atoms with E-state index in [4.69, 9.17) is 16.3 Å². The van der Waals surface area contributed by atoms with Gasteiger partial charge in [0, 0.05) is 42.0 Å². The summed E-state index contributed by atoms with van der Waals surface area (Å²) in [6.45, 7) is 3.24. The third-order valence-corrected chi connectivity index (χ3v) is 6.42. The van der Waals surface area contributed by atoms with Crippen molar-refractivity contribution in [3.63, 3.8) is 0 Å². The molecule has 0 fully saturated rings. The van der Waals surface area contributed by atoms with Crippen molar-refractivity contribution in [2.75, 3.05) is 19.7 Å². The second-order valence-corrected chi connectivity index (χ2v) is 9.25. The van der Waals surface area contributed by atoms with E-state index in [9.17, 15) is 14.7 Å². The summed E-state index contributed by atoms with van der Waals surface area (Å²) in [5.41, 5.74) is 4.63. The minimum Gasteiger partial charge on any atom is -0.506 e. The van der Waals surface area contributed by atoms with E-state index in [2.05, 4.69) is 15.5 Å². The fourth-order valence-corrected chi connectivity index (χ4v) is 4.26. The summed E-state index contributed by atoms with van der Waals surface area (Å²) in [7, 11) is 0. The van der Waals surface area contributed by atoms with Crippen LogP contribution in [-0.2, 0) is 11.2 Å². The number of benzene rings is 3. The number of halogens is 1. The van der Waals surface area contributed by atoms with Crippen molar-refractivity contribution in [2.24, 2.45) is 5.10 Å². The molecular weight excluding hydrogens is 516 g/mol. The molecule has 4 aromatic rings. The maximum Gasteiger partial charge on any atom is 0.271 e. The van der Waals surface area contributed by atoms with Crippen LogP contribution in [0.3, 0.4) is 0 Å². The van der Waals surface area contributed by atoms with Gasteiger partial charge in [0.05, 0.1) is 11.2 Å². The zero-order valence-electron chi connectivity index (χ0n) is 21.5. The van der Waals surface area contributed by atoms with Crippen LogP contribution in [0.25, 0.3) is 10.8 Å². The third kappa shape index (κ3) is 7.33. The summed E-state index contributed by atoms with van der Waals surface area (Å²) >= 11 is 5.88. The van der Waals surface area contributed by atoms with Gasteiger partial charge < -0.3 is 14.7 Å². The van der Waals surface area contributed by atoms with Crippen molar-refractivity contribution >= 4 is 40.4 Å². The Morgan fingerprint density at radius 2 is 1.82 bits per heavy atom. The molecule has 39 heavy (non-hydrogen) atoms. The molecule has 0 bridgehead atoms. The van der Waals surface area contributed by atoms with E-state index < -0.39 is 5.91 Å². The first-order valence-corrected chi connectivity index (χ1v) is 13.0. The Balaban J connectivity index is 1.42. The van der Waals surface area contributed by atoms with Crippen molar-refractivity contribution in [3.05, 3.63) is 101 Å². The number of nitrogens with one attached hydrogen (secondary N) is 1. The summed E-state index contributed by atoms with van der Waals surface area (Å²) in [5, 5.41) is 15.4. The van der Waals surface area contributed by atoms with Gasteiger partial charge in [-0.25, -0.2) is 5.43 Å². The maximum absolute atomic E-state index is 13.0. The van der Waals surface area contributed by atoms with E-state index in [1.807, 2.05) is 54.3 Å². The fraction of sp³-hybridized carbons (Fsp3) is 0.200. The average molecular weight is 545 g/mol. The Labute approximate surface area is 231 Å². The monoisotopic (exact) mass is 544 g/mol. The number of ether oxygens (including phenoxy) is 1. The molecule has 3 aromatic carbocycles. The molecule has 9 heteroatoms. The molecule has 0 aliphatic heterocycles. The molecule has 200 valence electrons. The van der Waals surface area contributed by atoms with Crippen LogP contribution in [0.5, 0.6) is 11.5 Å². The van der Waals surface area contributed by atoms with Crippen LogP contribution in [0, 0.1) is 0 Å². The van der Waals surface area contributed by atoms with Crippen LogP contribution < -0.4 is 10.2 Å². The Bertz CT molecular complexity index is 1480. The first kappa shape index (κ1) is 27.6. The molecule has 0 atom stereocenters. The number of amides is 2. The number of pyridine rings is 1. The van der Waals surface area contributed by atoms with Crippen molar-refractivity contribution in [1.29, 1.82) is 0 Å². The van der Waals surface area contributed by atoms with E-state index in [1.165, 1.54) is 18.2 Å². The zero-order chi connectivity index (χ0) is 27.6. The molecule has 0 spiro atoms. The molecule has 0 radical (unpaired) electrons. The number of rotatable bonds is 11. The lowest BCUT2D eigenvalue weighted by Gasteiger charge is -2.22. The van der Waals surface area contributed by atoms with Gasteiger partial charge >= 0.3 is 0 Å². The Kier molecular flexibility index (Phi) is 9.48. The van der Waals surface area contributed by atoms with E-state index >= 15 is 0 Å². The van der Waals surface area contributed by atoms with Gasteiger partial charge in [0.25, 0.3) is 11.8 Å². The molecule has 1 aromatic heterocycles. The van der Waals surface area contributed by atoms with E-state index in [0.717, 1.165) is 34.7 Å². The summed E-state index contributed by atoms with van der Waals surface area (Å²) in [6.07, 6.45) is 6.66. The lowest BCUT2D eigenvalue weighted by molar-refractivity contribution is -0.133. The average Bonchev–Trinajstić information content (AvgIpc) is 2.96. The van der Waals surface area contributed by atoms with Crippen LogP contribution in [0.2, 0.25) is 5.02 Å². The highest BCUT2D eigenvalue weighted by atomic mass is 35.5. The van der Waals surface area contributed by atoms with E-state index in [1.54, 1.807) is 24.7 Å². The molecule has 0 saturated carbocycles. The number of phenolic OH excluding ortho intramolecular Hbond substituents is 1. The number of aromatic hydroxyl groups is 1. The third-order valence-electron chi connectivity index (χ3n) is 6.11. The van der Waals surface area contributed by atoms with Crippen molar-refractivity contribution in [1.82, 2.24) is 15.3 Å². The lowest BCUT2D eigenvalue weighted by Crippen LogP contribution is -2.37. The summed E-state index contributed by atoms with van der Waals surface area (Å²) in [6, 6.07) is 19.3. The topological polar surface area (TPSA) is 104 Å². The molecule has 0 aliphatic carbocycles. The number of fused-ring (bicyclic) bond motifs is 1. The quantitative estimate of drug-likeness (QED) is 0.199. The molecule has 0 unspecified atom stereocenters. The number of nitrogens with zero attached hydrogens (tertiary/aromatic N) is 3. The zero-order valence-corrected chi connectivity index (χ0v) is 22.3. The second-order valence-electron chi connectivity index (χ2n) is 8.84. The van der Waals surface area contributed by atoms with Gasteiger partial charge in [0.1, 0.15) is 11.5 Å². The smallest absolute Gasteiger partial charge is 0.271 e. The van der Waals surface area contributed by atoms with Gasteiger partial charge in [-0.05, 0) is 66.3 Å². The van der Waals surface area contributed by atoms with Gasteiger partial charge in [-0.2, -0.15) is 5.10 Å². The highest BCUT2D eigenvalue weighted by molar-refractivity contribution is 6.32. The normalized spacial score (nSPS) is 11.0. The number of carbonyl (C=O) groups is 2. The number of phenols is 1. The largest absolute Gasteiger partial charge is 0.506 e. The fourth-order valence-electron chi connectivity index (χ4n) is 4.08. The van der Waals surface area contributed by atoms with Crippen LogP contribution in [-0.4, -0.2) is 52.7 Å². The standard InChI is InChI=1S/C30H29ClN4O4/c1-2-16-35(17-13-21-11-14-32-15-12-21)29(37)20-39-28-10-8-23(24-5-3-4-6-25(24)28)19-33-34-30(38)22-7-9-27(36)26(31)18-22/h3-12,14-15,18-19,36H,2,13,16-17,20H2,1H3,(H,34,38)/b33-19+. The summed E-state index contributed by atoms with van der Waals surface area (Å²) in [5.74, 6) is -0.0474. The van der Waals surface area contributed by atoms with Gasteiger partial charge in [-0.3, -0.25) is 14.6 Å². The summed E-state index contributed by atoms with van der Waals surface area (Å²) < 4.78 is 5.99. The van der Waals surface area contributed by atoms with Gasteiger partial charge in [0.15, 0.2) is 6.61 Å². The van der Waals surface area contributed by atoms with Crippen LogP contribution in [0.4, 0.5) is 0 Å². The predicted octanol–water partition coefficient (Wildman–Crippen LogP) is 5.22. The van der Waals surface area contributed by atoms with Crippen molar-refractivity contribution in [3.8, 4) is 11.5 Å². The van der Waals surface area contributed by atoms with Crippen LogP contribution >= 0.6 is 11.6 Å². The van der Waals surface area contributed by atoms with E-state index in [0.29, 0.717) is 18.8 Å². The Morgan fingerprint density at radius 3 is 2.56 bits per heavy atom. The Hall–Kier alpha value is -4.43. The SMILES string of the molecule is CCCN(CCc1ccncc1)C(=O)COc1ccc(/C=N/NC(=O)c2ccc(O)c(Cl)c2)c2ccccc12. The van der Waals surface area contributed by atoms with Gasteiger partial charge in [-0.1, -0.05) is 42.8 Å². The number of hydrazone groups is 1. The lowest BCUT2D eigenvalue weighted by atomic mass is 10.0. The number of hydrogen-bond acceptors (Lipinski definition) is 6. The molecule has 2 N–H and O–H groups in total. The van der Waals surface area contributed by atoms with Gasteiger partial charge in [0.2, 0.25) is 0 Å². The molecule has 2 amide bonds. The molecular formula is C30H29ClN4O4. The molecule has 1 heterocycles. The van der Waals surface area contributed by atoms with Crippen LogP contribution in [0.1, 0.15) is 34.8 Å². The number of carbonyl (C=O) groups excluding carboxylic acids is 2. The van der Waals surface area contributed by atoms with Crippen molar-refractivity contribution in [2.45, 2.75) is 19.8 Å². The minimum absolute atomic E-state index is 0.0704. The molecule has 0 saturated heterocycles. The van der Waals surface area contributed by atoms with Crippen molar-refractivity contribution < 1.29 is 19.4 Å². The first-order valence-electron chi connectivity index (χ1n) is 12.6. The second kappa shape index (κ2) is 13.4. The van der Waals surface area contributed by atoms with Crippen LogP contribution in [0.15, 0.2) is 84.2 Å². The predicted molar refractivity (Wildman–Crippen MR) is 152 cm³/mol. The number of hydrogen-bond donors (Lipinski definition) is 2. The highest BCUT2D eigenvalue weighted by Crippen LogP contribution is 2.28. The molecule has 8 nitrogen and oxygen atoms in total. The molecule has 4 rings (SSSR count).